The van der Waals surface area contributed by atoms with Crippen molar-refractivity contribution >= 4 is 0 Å². The molecule has 0 aromatic heterocycles. The first-order valence-corrected chi connectivity index (χ1v) is 8.11. The second-order valence-electron chi connectivity index (χ2n) is 6.92. The molecule has 0 amide bonds. The quantitative estimate of drug-likeness (QED) is 0.826. The highest BCUT2D eigenvalue weighted by Crippen LogP contribution is 2.39. The topological polar surface area (TPSA) is 15.3 Å². The predicted octanol–water partition coefficient (Wildman–Crippen LogP) is 3.28. The molecule has 2 unspecified atom stereocenters. The number of likely N-dealkylation sites (tertiary alicyclic amines) is 1. The molecule has 1 aliphatic carbocycles. The van der Waals surface area contributed by atoms with Crippen molar-refractivity contribution < 1.29 is 0 Å². The van der Waals surface area contributed by atoms with Crippen LogP contribution in [0.4, 0.5) is 0 Å². The van der Waals surface area contributed by atoms with E-state index >= 15 is 0 Å². The molecule has 0 spiro atoms. The van der Waals surface area contributed by atoms with Gasteiger partial charge in [0, 0.05) is 13.1 Å². The van der Waals surface area contributed by atoms with Crippen LogP contribution in [0.3, 0.4) is 0 Å². The Labute approximate surface area is 114 Å². The highest BCUT2D eigenvalue weighted by Gasteiger charge is 2.35. The molecule has 1 saturated carbocycles. The van der Waals surface area contributed by atoms with Crippen LogP contribution in [0.5, 0.6) is 0 Å². The molecule has 1 aliphatic heterocycles. The number of hydrogen-bond donors (Lipinski definition) is 1. The zero-order valence-corrected chi connectivity index (χ0v) is 12.5. The molecule has 18 heavy (non-hydrogen) atoms. The van der Waals surface area contributed by atoms with Crippen molar-refractivity contribution in [3.8, 4) is 0 Å². The Morgan fingerprint density at radius 3 is 2.44 bits per heavy atom. The Bertz CT molecular complexity index is 229. The monoisotopic (exact) mass is 252 g/mol. The lowest BCUT2D eigenvalue weighted by Crippen LogP contribution is -2.46. The van der Waals surface area contributed by atoms with E-state index in [1.54, 1.807) is 0 Å². The van der Waals surface area contributed by atoms with Crippen molar-refractivity contribution in [2.24, 2.45) is 11.3 Å². The summed E-state index contributed by atoms with van der Waals surface area (Å²) in [6, 6.07) is 0. The van der Waals surface area contributed by atoms with E-state index in [2.05, 4.69) is 24.2 Å². The Balaban J connectivity index is 1.95. The van der Waals surface area contributed by atoms with Gasteiger partial charge >= 0.3 is 0 Å². The van der Waals surface area contributed by atoms with Gasteiger partial charge in [-0.05, 0) is 57.2 Å². The minimum absolute atomic E-state index is 0.566. The Kier molecular flexibility index (Phi) is 5.50. The zero-order chi connectivity index (χ0) is 12.8. The molecule has 0 aromatic rings. The fraction of sp³-hybridized carbons (Fsp3) is 1.00. The molecule has 1 heterocycles. The van der Waals surface area contributed by atoms with Gasteiger partial charge in [0.2, 0.25) is 0 Å². The summed E-state index contributed by atoms with van der Waals surface area (Å²) in [6.07, 6.45) is 11.5. The number of hydrogen-bond acceptors (Lipinski definition) is 2. The lowest BCUT2D eigenvalue weighted by atomic mass is 9.69. The molecule has 1 saturated heterocycles. The zero-order valence-electron chi connectivity index (χ0n) is 12.5. The third-order valence-corrected chi connectivity index (χ3v) is 4.99. The predicted molar refractivity (Wildman–Crippen MR) is 78.9 cm³/mol. The SMILES string of the molecule is CNCC1(CN2CCCCCC2)CCCC(C)C1. The van der Waals surface area contributed by atoms with Crippen LogP contribution < -0.4 is 5.32 Å². The molecule has 2 fully saturated rings. The summed E-state index contributed by atoms with van der Waals surface area (Å²) in [5, 5.41) is 3.48. The number of nitrogens with zero attached hydrogens (tertiary/aromatic N) is 1. The molecule has 2 aliphatic rings. The average Bonchev–Trinajstić information content (AvgIpc) is 2.57. The molecule has 2 heteroatoms. The minimum Gasteiger partial charge on any atom is -0.319 e. The smallest absolute Gasteiger partial charge is 0.00502 e. The van der Waals surface area contributed by atoms with Gasteiger partial charge in [-0.3, -0.25) is 0 Å². The van der Waals surface area contributed by atoms with Gasteiger partial charge in [-0.25, -0.2) is 0 Å². The molecule has 2 nitrogen and oxygen atoms in total. The minimum atomic E-state index is 0.566. The molecule has 0 bridgehead atoms. The van der Waals surface area contributed by atoms with Crippen LogP contribution in [-0.4, -0.2) is 38.1 Å². The van der Waals surface area contributed by atoms with Gasteiger partial charge in [0.1, 0.15) is 0 Å². The van der Waals surface area contributed by atoms with E-state index in [0.29, 0.717) is 5.41 Å². The highest BCUT2D eigenvalue weighted by atomic mass is 15.1. The second-order valence-corrected chi connectivity index (χ2v) is 6.92. The second kappa shape index (κ2) is 6.91. The maximum absolute atomic E-state index is 3.48. The van der Waals surface area contributed by atoms with Gasteiger partial charge in [-0.1, -0.05) is 32.6 Å². The van der Waals surface area contributed by atoms with Gasteiger partial charge in [0.05, 0.1) is 0 Å². The van der Waals surface area contributed by atoms with E-state index in [4.69, 9.17) is 0 Å². The summed E-state index contributed by atoms with van der Waals surface area (Å²) in [5.41, 5.74) is 0.566. The van der Waals surface area contributed by atoms with Gasteiger partial charge in [0.25, 0.3) is 0 Å². The first-order chi connectivity index (χ1) is 8.74. The fourth-order valence-corrected chi connectivity index (χ4v) is 4.27. The lowest BCUT2D eigenvalue weighted by Gasteiger charge is -2.43. The Hall–Kier alpha value is -0.0800. The average molecular weight is 252 g/mol. The van der Waals surface area contributed by atoms with Crippen LogP contribution in [0.2, 0.25) is 0 Å². The molecule has 0 radical (unpaired) electrons. The molecular formula is C16H32N2. The fourth-order valence-electron chi connectivity index (χ4n) is 4.27. The maximum Gasteiger partial charge on any atom is 0.00502 e. The Morgan fingerprint density at radius 1 is 1.11 bits per heavy atom. The standard InChI is InChI=1S/C16H32N2/c1-15-8-7-9-16(12-15,13-17-2)14-18-10-5-3-4-6-11-18/h15,17H,3-14H2,1-2H3. The van der Waals surface area contributed by atoms with Crippen molar-refractivity contribution in [3.05, 3.63) is 0 Å². The summed E-state index contributed by atoms with van der Waals surface area (Å²) in [7, 11) is 2.13. The number of rotatable bonds is 4. The van der Waals surface area contributed by atoms with Crippen LogP contribution in [0.15, 0.2) is 0 Å². The van der Waals surface area contributed by atoms with E-state index in [1.807, 2.05) is 0 Å². The van der Waals surface area contributed by atoms with Crippen LogP contribution >= 0.6 is 0 Å². The van der Waals surface area contributed by atoms with Gasteiger partial charge in [-0.15, -0.1) is 0 Å². The van der Waals surface area contributed by atoms with Crippen LogP contribution in [0, 0.1) is 11.3 Å². The van der Waals surface area contributed by atoms with Crippen LogP contribution in [0.1, 0.15) is 58.3 Å². The van der Waals surface area contributed by atoms with Crippen LogP contribution in [0.25, 0.3) is 0 Å². The van der Waals surface area contributed by atoms with Crippen molar-refractivity contribution in [1.29, 1.82) is 0 Å². The third-order valence-electron chi connectivity index (χ3n) is 4.99. The van der Waals surface area contributed by atoms with E-state index in [-0.39, 0.29) is 0 Å². The van der Waals surface area contributed by atoms with Crippen LogP contribution in [-0.2, 0) is 0 Å². The van der Waals surface area contributed by atoms with Gasteiger partial charge in [0.15, 0.2) is 0 Å². The van der Waals surface area contributed by atoms with E-state index in [1.165, 1.54) is 77.5 Å². The molecule has 2 atom stereocenters. The summed E-state index contributed by atoms with van der Waals surface area (Å²) < 4.78 is 0. The first-order valence-electron chi connectivity index (χ1n) is 8.11. The summed E-state index contributed by atoms with van der Waals surface area (Å²) in [5.74, 6) is 0.930. The summed E-state index contributed by atoms with van der Waals surface area (Å²) >= 11 is 0. The van der Waals surface area contributed by atoms with E-state index < -0.39 is 0 Å². The van der Waals surface area contributed by atoms with Gasteiger partial charge in [-0.2, -0.15) is 0 Å². The largest absolute Gasteiger partial charge is 0.319 e. The third kappa shape index (κ3) is 3.96. The molecule has 106 valence electrons. The number of nitrogens with one attached hydrogen (secondary N) is 1. The van der Waals surface area contributed by atoms with Crippen molar-refractivity contribution in [2.45, 2.75) is 58.3 Å². The normalized spacial score (nSPS) is 35.3. The van der Waals surface area contributed by atoms with E-state index in [0.717, 1.165) is 5.92 Å². The molecule has 0 aromatic carbocycles. The van der Waals surface area contributed by atoms with Gasteiger partial charge < -0.3 is 10.2 Å². The highest BCUT2D eigenvalue weighted by molar-refractivity contribution is 4.90. The first kappa shape index (κ1) is 14.3. The van der Waals surface area contributed by atoms with Crippen molar-refractivity contribution in [1.82, 2.24) is 10.2 Å². The molecule has 1 N–H and O–H groups in total. The van der Waals surface area contributed by atoms with Crippen molar-refractivity contribution in [2.75, 3.05) is 33.2 Å². The molecular weight excluding hydrogens is 220 g/mol. The molecule has 2 rings (SSSR count). The summed E-state index contributed by atoms with van der Waals surface area (Å²) in [4.78, 5) is 2.77. The van der Waals surface area contributed by atoms with Crippen molar-refractivity contribution in [3.63, 3.8) is 0 Å². The maximum atomic E-state index is 3.48. The Morgan fingerprint density at radius 2 is 1.83 bits per heavy atom. The lowest BCUT2D eigenvalue weighted by molar-refractivity contribution is 0.0834. The van der Waals surface area contributed by atoms with E-state index in [9.17, 15) is 0 Å². The summed E-state index contributed by atoms with van der Waals surface area (Å²) in [6.45, 7) is 7.71.